The van der Waals surface area contributed by atoms with Gasteiger partial charge in [0.15, 0.2) is 0 Å². The van der Waals surface area contributed by atoms with Gasteiger partial charge >= 0.3 is 6.18 Å². The smallest absolute Gasteiger partial charge is 0.336 e. The molecule has 3 rings (SSSR count). The first-order chi connectivity index (χ1) is 13.2. The normalized spacial score (nSPS) is 15.6. The maximum atomic E-state index is 12.6. The van der Waals surface area contributed by atoms with Gasteiger partial charge in [-0.2, -0.15) is 18.3 Å². The highest BCUT2D eigenvalue weighted by Crippen LogP contribution is 2.27. The number of carbonyl (C=O) groups excluding carboxylic acids is 1. The van der Waals surface area contributed by atoms with Gasteiger partial charge in [-0.25, -0.2) is 4.68 Å². The van der Waals surface area contributed by atoms with Gasteiger partial charge in [0.2, 0.25) is 0 Å². The van der Waals surface area contributed by atoms with Gasteiger partial charge in [-0.05, 0) is 25.1 Å². The zero-order valence-electron chi connectivity index (χ0n) is 15.3. The molecule has 10 heteroatoms. The van der Waals surface area contributed by atoms with E-state index in [1.165, 1.54) is 10.7 Å². The van der Waals surface area contributed by atoms with E-state index in [9.17, 15) is 22.8 Å². The predicted molar refractivity (Wildman–Crippen MR) is 94.8 cm³/mol. The summed E-state index contributed by atoms with van der Waals surface area (Å²) in [4.78, 5) is 31.3. The Balaban J connectivity index is 1.52. The van der Waals surface area contributed by atoms with Crippen LogP contribution >= 0.6 is 0 Å². The van der Waals surface area contributed by atoms with Crippen LogP contribution in [0.5, 0.6) is 0 Å². The Bertz CT molecular complexity index is 887. The molecule has 0 bridgehead atoms. The van der Waals surface area contributed by atoms with Crippen molar-refractivity contribution >= 4 is 5.91 Å². The average molecular weight is 395 g/mol. The molecule has 0 saturated carbocycles. The van der Waals surface area contributed by atoms with E-state index in [0.29, 0.717) is 39.3 Å². The van der Waals surface area contributed by atoms with Crippen molar-refractivity contribution in [1.82, 2.24) is 24.6 Å². The third-order valence-electron chi connectivity index (χ3n) is 4.59. The minimum Gasteiger partial charge on any atom is -0.336 e. The highest BCUT2D eigenvalue weighted by molar-refractivity contribution is 5.94. The molecule has 2 aromatic heterocycles. The molecule has 0 atom stereocenters. The van der Waals surface area contributed by atoms with Crippen molar-refractivity contribution in [2.45, 2.75) is 19.6 Å². The van der Waals surface area contributed by atoms with E-state index in [2.05, 4.69) is 15.0 Å². The summed E-state index contributed by atoms with van der Waals surface area (Å²) in [5, 5.41) is 4.19. The third-order valence-corrected chi connectivity index (χ3v) is 4.59. The monoisotopic (exact) mass is 395 g/mol. The second-order valence-electron chi connectivity index (χ2n) is 6.60. The number of hydrogen-bond donors (Lipinski definition) is 0. The van der Waals surface area contributed by atoms with Crippen LogP contribution in [0.4, 0.5) is 13.2 Å². The van der Waals surface area contributed by atoms with Crippen molar-refractivity contribution in [1.29, 1.82) is 0 Å². The fourth-order valence-electron chi connectivity index (χ4n) is 2.99. The van der Waals surface area contributed by atoms with E-state index < -0.39 is 11.9 Å². The SMILES string of the molecule is Cc1ccc(=O)n(CCN2CCN(C(=O)c3ccc(C(F)(F)F)nc3)CC2)n1. The predicted octanol–water partition coefficient (Wildman–Crippen LogP) is 1.42. The number of alkyl halides is 3. The summed E-state index contributed by atoms with van der Waals surface area (Å²) in [7, 11) is 0. The second-order valence-corrected chi connectivity index (χ2v) is 6.60. The largest absolute Gasteiger partial charge is 0.433 e. The molecule has 0 aromatic carbocycles. The zero-order valence-corrected chi connectivity index (χ0v) is 15.3. The van der Waals surface area contributed by atoms with Crippen molar-refractivity contribution in [3.8, 4) is 0 Å². The summed E-state index contributed by atoms with van der Waals surface area (Å²) in [6, 6.07) is 5.12. The second kappa shape index (κ2) is 8.09. The Hall–Kier alpha value is -2.75. The van der Waals surface area contributed by atoms with Crippen LogP contribution in [0, 0.1) is 6.92 Å². The summed E-state index contributed by atoms with van der Waals surface area (Å²) in [5.41, 5.74) is -0.278. The van der Waals surface area contributed by atoms with Crippen LogP contribution in [-0.2, 0) is 12.7 Å². The summed E-state index contributed by atoms with van der Waals surface area (Å²) in [6.45, 7) is 5.03. The van der Waals surface area contributed by atoms with Crippen LogP contribution in [0.3, 0.4) is 0 Å². The van der Waals surface area contributed by atoms with E-state index in [0.717, 1.165) is 24.0 Å². The number of nitrogens with zero attached hydrogens (tertiary/aromatic N) is 5. The Morgan fingerprint density at radius 2 is 1.79 bits per heavy atom. The van der Waals surface area contributed by atoms with Crippen LogP contribution in [0.2, 0.25) is 0 Å². The van der Waals surface area contributed by atoms with E-state index in [-0.39, 0.29) is 17.0 Å². The van der Waals surface area contributed by atoms with Gasteiger partial charge in [-0.15, -0.1) is 0 Å². The molecule has 0 aliphatic carbocycles. The lowest BCUT2D eigenvalue weighted by atomic mass is 10.2. The van der Waals surface area contributed by atoms with Gasteiger partial charge in [-0.1, -0.05) is 0 Å². The maximum absolute atomic E-state index is 12.6. The molecule has 0 unspecified atom stereocenters. The van der Waals surface area contributed by atoms with E-state index in [1.54, 1.807) is 11.0 Å². The van der Waals surface area contributed by atoms with Gasteiger partial charge in [0.1, 0.15) is 5.69 Å². The first-order valence-electron chi connectivity index (χ1n) is 8.84. The lowest BCUT2D eigenvalue weighted by Gasteiger charge is -2.34. The highest BCUT2D eigenvalue weighted by Gasteiger charge is 2.32. The van der Waals surface area contributed by atoms with Crippen LogP contribution < -0.4 is 5.56 Å². The summed E-state index contributed by atoms with van der Waals surface area (Å²) in [5.74, 6) is -0.336. The molecule has 150 valence electrons. The van der Waals surface area contributed by atoms with Gasteiger partial charge < -0.3 is 4.90 Å². The number of halogens is 3. The summed E-state index contributed by atoms with van der Waals surface area (Å²) < 4.78 is 39.1. The van der Waals surface area contributed by atoms with Gasteiger partial charge in [0.05, 0.1) is 17.8 Å². The molecule has 7 nitrogen and oxygen atoms in total. The molecule has 1 amide bonds. The Kier molecular flexibility index (Phi) is 5.78. The molecule has 3 heterocycles. The first kappa shape index (κ1) is 20.0. The van der Waals surface area contributed by atoms with Gasteiger partial charge in [0.25, 0.3) is 11.5 Å². The molecule has 1 fully saturated rings. The van der Waals surface area contributed by atoms with Crippen molar-refractivity contribution in [3.63, 3.8) is 0 Å². The van der Waals surface area contributed by atoms with Gasteiger partial charge in [0, 0.05) is 45.0 Å². The molecule has 2 aromatic rings. The highest BCUT2D eigenvalue weighted by atomic mass is 19.4. The Morgan fingerprint density at radius 1 is 1.07 bits per heavy atom. The van der Waals surface area contributed by atoms with Crippen molar-refractivity contribution < 1.29 is 18.0 Å². The number of hydrogen-bond acceptors (Lipinski definition) is 5. The van der Waals surface area contributed by atoms with Crippen LogP contribution in [0.1, 0.15) is 21.7 Å². The average Bonchev–Trinajstić information content (AvgIpc) is 2.68. The molecule has 1 saturated heterocycles. The number of piperazine rings is 1. The number of rotatable bonds is 4. The van der Waals surface area contributed by atoms with E-state index in [4.69, 9.17) is 0 Å². The zero-order chi connectivity index (χ0) is 20.3. The molecular formula is C18H20F3N5O2. The first-order valence-corrected chi connectivity index (χ1v) is 8.84. The lowest BCUT2D eigenvalue weighted by Crippen LogP contribution is -2.49. The number of aromatic nitrogens is 3. The fourth-order valence-corrected chi connectivity index (χ4v) is 2.99. The topological polar surface area (TPSA) is 71.3 Å². The number of pyridine rings is 1. The molecule has 0 N–H and O–H groups in total. The number of amides is 1. The van der Waals surface area contributed by atoms with Crippen LogP contribution in [-0.4, -0.2) is 63.2 Å². The molecule has 0 radical (unpaired) electrons. The summed E-state index contributed by atoms with van der Waals surface area (Å²) in [6.07, 6.45) is -3.56. The number of aryl methyl sites for hydroxylation is 1. The quantitative estimate of drug-likeness (QED) is 0.783. The minimum atomic E-state index is -4.53. The standard InChI is InChI=1S/C18H20F3N5O2/c1-13-2-5-16(27)26(23-13)11-8-24-6-9-25(10-7-24)17(28)14-3-4-15(22-12-14)18(19,20)21/h2-5,12H,6-11H2,1H3. The molecular weight excluding hydrogens is 375 g/mol. The van der Waals surface area contributed by atoms with Crippen molar-refractivity contribution in [2.24, 2.45) is 0 Å². The fraction of sp³-hybridized carbons (Fsp3) is 0.444. The van der Waals surface area contributed by atoms with Crippen molar-refractivity contribution in [3.05, 3.63) is 57.8 Å². The molecule has 0 spiro atoms. The van der Waals surface area contributed by atoms with Crippen molar-refractivity contribution in [2.75, 3.05) is 32.7 Å². The summed E-state index contributed by atoms with van der Waals surface area (Å²) >= 11 is 0. The molecule has 28 heavy (non-hydrogen) atoms. The lowest BCUT2D eigenvalue weighted by molar-refractivity contribution is -0.141. The Morgan fingerprint density at radius 3 is 2.39 bits per heavy atom. The maximum Gasteiger partial charge on any atom is 0.433 e. The number of carbonyl (C=O) groups is 1. The van der Waals surface area contributed by atoms with Crippen LogP contribution in [0.25, 0.3) is 0 Å². The van der Waals surface area contributed by atoms with E-state index >= 15 is 0 Å². The molecule has 1 aliphatic heterocycles. The minimum absolute atomic E-state index is 0.136. The Labute approximate surface area is 159 Å². The molecule has 1 aliphatic rings. The van der Waals surface area contributed by atoms with Gasteiger partial charge in [-0.3, -0.25) is 19.5 Å². The van der Waals surface area contributed by atoms with E-state index in [1.807, 2.05) is 6.92 Å². The van der Waals surface area contributed by atoms with Crippen LogP contribution in [0.15, 0.2) is 35.3 Å². The third kappa shape index (κ3) is 4.75.